The highest BCUT2D eigenvalue weighted by molar-refractivity contribution is 7.89. The molecule has 184 valence electrons. The summed E-state index contributed by atoms with van der Waals surface area (Å²) < 4.78 is 29.7. The van der Waals surface area contributed by atoms with Crippen molar-refractivity contribution in [3.05, 3.63) is 86.8 Å². The van der Waals surface area contributed by atoms with E-state index in [1.807, 2.05) is 30.3 Å². The number of sulfonamides is 1. The number of rotatable bonds is 6. The minimum Gasteiger partial charge on any atom is -0.324 e. The minimum absolute atomic E-state index is 0.136. The van der Waals surface area contributed by atoms with Crippen LogP contribution in [0.3, 0.4) is 0 Å². The molecule has 3 aromatic rings. The van der Waals surface area contributed by atoms with Crippen LogP contribution in [0.1, 0.15) is 35.4 Å². The van der Waals surface area contributed by atoms with Crippen molar-refractivity contribution in [1.29, 1.82) is 0 Å². The van der Waals surface area contributed by atoms with Crippen LogP contribution in [0.25, 0.3) is 0 Å². The molecule has 0 radical (unpaired) electrons. The number of carbonyl (C=O) groups is 1. The summed E-state index contributed by atoms with van der Waals surface area (Å²) in [4.78, 5) is 25.0. The van der Waals surface area contributed by atoms with E-state index in [0.29, 0.717) is 29.9 Å². The van der Waals surface area contributed by atoms with Gasteiger partial charge in [0.15, 0.2) is 0 Å². The number of aromatic nitrogens is 2. The van der Waals surface area contributed by atoms with Gasteiger partial charge in [-0.05, 0) is 55.9 Å². The second kappa shape index (κ2) is 10.3. The number of halogens is 1. The van der Waals surface area contributed by atoms with Gasteiger partial charge < -0.3 is 5.32 Å². The van der Waals surface area contributed by atoms with Crippen molar-refractivity contribution in [1.82, 2.24) is 14.1 Å². The van der Waals surface area contributed by atoms with Crippen molar-refractivity contribution in [2.45, 2.75) is 44.0 Å². The molecular weight excluding hydrogens is 488 g/mol. The minimum atomic E-state index is -3.77. The SMILES string of the molecule is Cc1ccc(NC(=O)Cn2ncc(Cl)c(C)c2=O)cc1S(=O)(=O)N1CCCC(c2ccccc2)C1. The molecule has 1 unspecified atom stereocenters. The first kappa shape index (κ1) is 25.1. The monoisotopic (exact) mass is 514 g/mol. The molecule has 1 aromatic heterocycles. The standard InChI is InChI=1S/C25H27ClN4O4S/c1-17-10-11-21(28-24(31)16-30-25(32)18(2)22(26)14-27-30)13-23(17)35(33,34)29-12-6-9-20(15-29)19-7-4-3-5-8-19/h3-5,7-8,10-11,13-14,20H,6,9,12,15-16H2,1-2H3,(H,28,31). The summed E-state index contributed by atoms with van der Waals surface area (Å²) in [7, 11) is -3.77. The molecule has 1 aliphatic rings. The predicted octanol–water partition coefficient (Wildman–Crippen LogP) is 3.72. The Bertz CT molecular complexity index is 1410. The highest BCUT2D eigenvalue weighted by Gasteiger charge is 2.32. The van der Waals surface area contributed by atoms with E-state index in [2.05, 4.69) is 10.4 Å². The van der Waals surface area contributed by atoms with Gasteiger partial charge >= 0.3 is 0 Å². The first-order valence-corrected chi connectivity index (χ1v) is 13.2. The number of hydrogen-bond donors (Lipinski definition) is 1. The summed E-state index contributed by atoms with van der Waals surface area (Å²) >= 11 is 5.90. The van der Waals surface area contributed by atoms with Crippen molar-refractivity contribution in [3.8, 4) is 0 Å². The zero-order chi connectivity index (χ0) is 25.2. The van der Waals surface area contributed by atoms with Crippen LogP contribution in [0, 0.1) is 13.8 Å². The molecule has 1 atom stereocenters. The third-order valence-corrected chi connectivity index (χ3v) is 8.65. The fourth-order valence-electron chi connectivity index (χ4n) is 4.27. The number of hydrogen-bond acceptors (Lipinski definition) is 5. The fourth-order valence-corrected chi connectivity index (χ4v) is 6.17. The van der Waals surface area contributed by atoms with E-state index in [0.717, 1.165) is 23.1 Å². The molecule has 0 spiro atoms. The third kappa shape index (κ3) is 5.47. The van der Waals surface area contributed by atoms with Crippen molar-refractivity contribution in [2.75, 3.05) is 18.4 Å². The number of nitrogens with one attached hydrogen (secondary N) is 1. The smallest absolute Gasteiger partial charge is 0.271 e. The van der Waals surface area contributed by atoms with E-state index >= 15 is 0 Å². The number of anilines is 1. The average Bonchev–Trinajstić information content (AvgIpc) is 2.86. The molecule has 2 heterocycles. The Balaban J connectivity index is 1.53. The van der Waals surface area contributed by atoms with Gasteiger partial charge in [0.25, 0.3) is 5.56 Å². The Hall–Kier alpha value is -3.01. The highest BCUT2D eigenvalue weighted by Crippen LogP contribution is 2.32. The van der Waals surface area contributed by atoms with Crippen LogP contribution in [-0.2, 0) is 21.4 Å². The maximum Gasteiger partial charge on any atom is 0.271 e. The molecule has 1 aliphatic heterocycles. The first-order valence-electron chi connectivity index (χ1n) is 11.3. The van der Waals surface area contributed by atoms with Crippen LogP contribution in [0.15, 0.2) is 64.4 Å². The summed E-state index contributed by atoms with van der Waals surface area (Å²) in [6.45, 7) is 3.83. The largest absolute Gasteiger partial charge is 0.324 e. The van der Waals surface area contributed by atoms with Crippen LogP contribution in [0.5, 0.6) is 0 Å². The van der Waals surface area contributed by atoms with E-state index in [1.165, 1.54) is 16.6 Å². The molecule has 4 rings (SSSR count). The van der Waals surface area contributed by atoms with Gasteiger partial charge in [0.2, 0.25) is 15.9 Å². The van der Waals surface area contributed by atoms with E-state index in [4.69, 9.17) is 11.6 Å². The predicted molar refractivity (Wildman–Crippen MR) is 135 cm³/mol. The number of aryl methyl sites for hydroxylation is 1. The van der Waals surface area contributed by atoms with Gasteiger partial charge in [-0.3, -0.25) is 9.59 Å². The van der Waals surface area contributed by atoms with Crippen LogP contribution >= 0.6 is 11.6 Å². The van der Waals surface area contributed by atoms with Gasteiger partial charge in [-0.2, -0.15) is 9.40 Å². The van der Waals surface area contributed by atoms with Gasteiger partial charge in [0.05, 0.1) is 16.1 Å². The van der Waals surface area contributed by atoms with Crippen LogP contribution in [-0.4, -0.2) is 41.5 Å². The number of amides is 1. The second-order valence-corrected chi connectivity index (χ2v) is 11.0. The Kier molecular flexibility index (Phi) is 7.39. The van der Waals surface area contributed by atoms with Gasteiger partial charge in [0, 0.05) is 24.3 Å². The number of piperidine rings is 1. The van der Waals surface area contributed by atoms with Gasteiger partial charge in [-0.25, -0.2) is 13.1 Å². The molecule has 35 heavy (non-hydrogen) atoms. The third-order valence-electron chi connectivity index (χ3n) is 6.26. The average molecular weight is 515 g/mol. The van der Waals surface area contributed by atoms with Gasteiger partial charge in [-0.15, -0.1) is 0 Å². The van der Waals surface area contributed by atoms with E-state index in [1.54, 1.807) is 26.0 Å². The Morgan fingerprint density at radius 1 is 1.17 bits per heavy atom. The summed E-state index contributed by atoms with van der Waals surface area (Å²) in [5, 5.41) is 6.80. The summed E-state index contributed by atoms with van der Waals surface area (Å²) in [5.41, 5.74) is 1.89. The molecule has 0 bridgehead atoms. The van der Waals surface area contributed by atoms with Crippen molar-refractivity contribution in [2.24, 2.45) is 0 Å². The van der Waals surface area contributed by atoms with Crippen LogP contribution in [0.2, 0.25) is 5.02 Å². The first-order chi connectivity index (χ1) is 16.7. The Morgan fingerprint density at radius 2 is 1.91 bits per heavy atom. The number of carbonyl (C=O) groups excluding carboxylic acids is 1. The van der Waals surface area contributed by atoms with Gasteiger partial charge in [-0.1, -0.05) is 48.0 Å². The lowest BCUT2D eigenvalue weighted by Crippen LogP contribution is -2.39. The lowest BCUT2D eigenvalue weighted by atomic mass is 9.92. The van der Waals surface area contributed by atoms with Crippen molar-refractivity contribution in [3.63, 3.8) is 0 Å². The number of benzene rings is 2. The Morgan fingerprint density at radius 3 is 2.66 bits per heavy atom. The lowest BCUT2D eigenvalue weighted by Gasteiger charge is -2.32. The van der Waals surface area contributed by atoms with Crippen molar-refractivity contribution >= 4 is 33.2 Å². The fraction of sp³-hybridized carbons (Fsp3) is 0.320. The molecule has 1 amide bonds. The van der Waals surface area contributed by atoms with Crippen molar-refractivity contribution < 1.29 is 13.2 Å². The normalized spacial score (nSPS) is 16.7. The van der Waals surface area contributed by atoms with Crippen LogP contribution < -0.4 is 10.9 Å². The molecule has 10 heteroatoms. The molecule has 8 nitrogen and oxygen atoms in total. The summed E-state index contributed by atoms with van der Waals surface area (Å²) in [6.07, 6.45) is 3.02. The lowest BCUT2D eigenvalue weighted by molar-refractivity contribution is -0.117. The second-order valence-electron chi connectivity index (χ2n) is 8.72. The quantitative estimate of drug-likeness (QED) is 0.540. The van der Waals surface area contributed by atoms with Gasteiger partial charge in [0.1, 0.15) is 6.54 Å². The van der Waals surface area contributed by atoms with E-state index < -0.39 is 21.5 Å². The maximum absolute atomic E-state index is 13.6. The summed E-state index contributed by atoms with van der Waals surface area (Å²) in [6, 6.07) is 14.7. The number of nitrogens with zero attached hydrogens (tertiary/aromatic N) is 3. The molecular formula is C25H27ClN4O4S. The Labute approximate surface area is 209 Å². The zero-order valence-electron chi connectivity index (χ0n) is 19.6. The molecule has 1 fully saturated rings. The molecule has 2 aromatic carbocycles. The van der Waals surface area contributed by atoms with E-state index in [9.17, 15) is 18.0 Å². The highest BCUT2D eigenvalue weighted by atomic mass is 35.5. The molecule has 0 aliphatic carbocycles. The van der Waals surface area contributed by atoms with E-state index in [-0.39, 0.29) is 22.4 Å². The van der Waals surface area contributed by atoms with Crippen LogP contribution in [0.4, 0.5) is 5.69 Å². The topological polar surface area (TPSA) is 101 Å². The molecule has 0 saturated carbocycles. The maximum atomic E-state index is 13.6. The molecule has 1 N–H and O–H groups in total. The molecule has 1 saturated heterocycles. The summed E-state index contributed by atoms with van der Waals surface area (Å²) in [5.74, 6) is -0.368. The zero-order valence-corrected chi connectivity index (χ0v) is 21.1.